The van der Waals surface area contributed by atoms with Crippen LogP contribution in [0.3, 0.4) is 0 Å². The molecule has 0 aliphatic heterocycles. The first kappa shape index (κ1) is 17.0. The van der Waals surface area contributed by atoms with Crippen LogP contribution in [0.2, 0.25) is 0 Å². The van der Waals surface area contributed by atoms with E-state index in [1.54, 1.807) is 0 Å². The molecule has 25 heavy (non-hydrogen) atoms. The summed E-state index contributed by atoms with van der Waals surface area (Å²) < 4.78 is 5.25. The topological polar surface area (TPSA) is 68.3 Å². The summed E-state index contributed by atoms with van der Waals surface area (Å²) in [6, 6.07) is 7.54. The Morgan fingerprint density at radius 3 is 3.00 bits per heavy atom. The number of fused-ring (bicyclic) bond motifs is 2. The number of benzene rings is 1. The fraction of sp³-hybridized carbons (Fsp3) is 0.350. The number of carbonyl (C=O) groups excluding carboxylic acids is 2. The maximum Gasteiger partial charge on any atom is 0.339 e. The number of terminal acetylenes is 1. The zero-order chi connectivity index (χ0) is 17.8. The van der Waals surface area contributed by atoms with Crippen molar-refractivity contribution < 1.29 is 14.3 Å². The van der Waals surface area contributed by atoms with E-state index in [-0.39, 0.29) is 13.2 Å². The molecule has 5 nitrogen and oxygen atoms in total. The van der Waals surface area contributed by atoms with Crippen molar-refractivity contribution in [1.29, 1.82) is 0 Å². The van der Waals surface area contributed by atoms with Crippen LogP contribution in [0, 0.1) is 18.3 Å². The predicted molar refractivity (Wildman–Crippen MR) is 95.1 cm³/mol. The van der Waals surface area contributed by atoms with Gasteiger partial charge in [0.25, 0.3) is 5.91 Å². The van der Waals surface area contributed by atoms with E-state index in [9.17, 15) is 9.59 Å². The molecule has 0 fully saturated rings. The number of nitrogens with zero attached hydrogens (tertiary/aromatic N) is 1. The molecular formula is C20H20N2O3. The number of nitrogens with one attached hydrogen (secondary N) is 1. The normalized spacial score (nSPS) is 15.9. The second kappa shape index (κ2) is 7.35. The highest BCUT2D eigenvalue weighted by atomic mass is 16.5. The number of hydrogen-bond donors (Lipinski definition) is 1. The van der Waals surface area contributed by atoms with Crippen molar-refractivity contribution >= 4 is 22.8 Å². The predicted octanol–water partition coefficient (Wildman–Crippen LogP) is 2.27. The number of amides is 1. The summed E-state index contributed by atoms with van der Waals surface area (Å²) in [6.45, 7) is 1.93. The van der Waals surface area contributed by atoms with Gasteiger partial charge in [-0.1, -0.05) is 31.0 Å². The number of carbonyl (C=O) groups is 2. The monoisotopic (exact) mass is 336 g/mol. The molecular weight excluding hydrogens is 316 g/mol. The molecule has 0 spiro atoms. The quantitative estimate of drug-likeness (QED) is 0.687. The van der Waals surface area contributed by atoms with Gasteiger partial charge in [0.1, 0.15) is 0 Å². The van der Waals surface area contributed by atoms with Crippen LogP contribution in [0.1, 0.15) is 35.0 Å². The third-order valence-corrected chi connectivity index (χ3v) is 4.43. The first-order valence-electron chi connectivity index (χ1n) is 8.38. The Balaban J connectivity index is 1.93. The zero-order valence-electron chi connectivity index (χ0n) is 14.2. The maximum absolute atomic E-state index is 12.7. The molecule has 5 heteroatoms. The van der Waals surface area contributed by atoms with E-state index in [2.05, 4.69) is 18.2 Å². The first-order valence-corrected chi connectivity index (χ1v) is 8.38. The second-order valence-corrected chi connectivity index (χ2v) is 6.33. The second-order valence-electron chi connectivity index (χ2n) is 6.33. The van der Waals surface area contributed by atoms with E-state index in [0.29, 0.717) is 11.5 Å². The largest absolute Gasteiger partial charge is 0.452 e. The van der Waals surface area contributed by atoms with Crippen LogP contribution in [-0.4, -0.2) is 30.0 Å². The highest BCUT2D eigenvalue weighted by molar-refractivity contribution is 6.05. The molecule has 1 aliphatic carbocycles. The molecule has 1 amide bonds. The Hall–Kier alpha value is -2.87. The number of aromatic nitrogens is 1. The summed E-state index contributed by atoms with van der Waals surface area (Å²) in [4.78, 5) is 29.1. The van der Waals surface area contributed by atoms with Gasteiger partial charge in [0, 0.05) is 11.1 Å². The van der Waals surface area contributed by atoms with Gasteiger partial charge in [0.2, 0.25) is 0 Å². The van der Waals surface area contributed by atoms with E-state index >= 15 is 0 Å². The molecule has 0 unspecified atom stereocenters. The Kier molecular flexibility index (Phi) is 4.99. The Morgan fingerprint density at radius 2 is 2.20 bits per heavy atom. The van der Waals surface area contributed by atoms with Gasteiger partial charge in [0.05, 0.1) is 17.6 Å². The molecule has 0 radical (unpaired) electrons. The van der Waals surface area contributed by atoms with Gasteiger partial charge in [-0.2, -0.15) is 0 Å². The van der Waals surface area contributed by atoms with Crippen LogP contribution in [0.25, 0.3) is 10.9 Å². The van der Waals surface area contributed by atoms with E-state index < -0.39 is 11.9 Å². The fourth-order valence-corrected chi connectivity index (χ4v) is 3.20. The summed E-state index contributed by atoms with van der Waals surface area (Å²) in [6.07, 6.45) is 7.80. The fourth-order valence-electron chi connectivity index (χ4n) is 3.20. The Bertz CT molecular complexity index is 867. The maximum atomic E-state index is 12.7. The van der Waals surface area contributed by atoms with Crippen LogP contribution in [0.5, 0.6) is 0 Å². The van der Waals surface area contributed by atoms with Crippen molar-refractivity contribution in [3.8, 4) is 12.3 Å². The average Bonchev–Trinajstić information content (AvgIpc) is 2.62. The highest BCUT2D eigenvalue weighted by Gasteiger charge is 2.26. The first-order chi connectivity index (χ1) is 12.1. The number of esters is 1. The van der Waals surface area contributed by atoms with E-state index in [1.165, 1.54) is 0 Å². The van der Waals surface area contributed by atoms with E-state index in [4.69, 9.17) is 16.1 Å². The minimum Gasteiger partial charge on any atom is -0.452 e. The molecule has 1 aliphatic rings. The van der Waals surface area contributed by atoms with Gasteiger partial charge >= 0.3 is 5.97 Å². The molecule has 1 aromatic carbocycles. The summed E-state index contributed by atoms with van der Waals surface area (Å²) in [5, 5.41) is 3.25. The van der Waals surface area contributed by atoms with Crippen molar-refractivity contribution in [2.75, 3.05) is 13.2 Å². The van der Waals surface area contributed by atoms with Crippen molar-refractivity contribution in [2.45, 2.75) is 26.2 Å². The lowest BCUT2D eigenvalue weighted by molar-refractivity contribution is -0.123. The van der Waals surface area contributed by atoms with Crippen LogP contribution in [0.4, 0.5) is 0 Å². The number of pyridine rings is 1. The average molecular weight is 336 g/mol. The third kappa shape index (κ3) is 3.63. The summed E-state index contributed by atoms with van der Waals surface area (Å²) in [5.41, 5.74) is 3.23. The van der Waals surface area contributed by atoms with Crippen molar-refractivity contribution in [2.24, 2.45) is 5.92 Å². The van der Waals surface area contributed by atoms with Gasteiger partial charge in [-0.05, 0) is 36.8 Å². The van der Waals surface area contributed by atoms with Crippen molar-refractivity contribution in [1.82, 2.24) is 10.3 Å². The number of rotatable bonds is 4. The van der Waals surface area contributed by atoms with Crippen LogP contribution in [-0.2, 0) is 22.4 Å². The third-order valence-electron chi connectivity index (χ3n) is 4.43. The summed E-state index contributed by atoms with van der Waals surface area (Å²) >= 11 is 0. The molecule has 1 atom stereocenters. The van der Waals surface area contributed by atoms with Crippen LogP contribution < -0.4 is 5.32 Å². The minimum atomic E-state index is -0.486. The molecule has 1 aromatic heterocycles. The summed E-state index contributed by atoms with van der Waals surface area (Å²) in [7, 11) is 0. The number of aryl methyl sites for hydroxylation is 1. The molecule has 0 saturated heterocycles. The van der Waals surface area contributed by atoms with Gasteiger partial charge in [0.15, 0.2) is 6.61 Å². The number of ether oxygens (including phenoxy) is 1. The minimum absolute atomic E-state index is 0.113. The highest BCUT2D eigenvalue weighted by Crippen LogP contribution is 2.31. The van der Waals surface area contributed by atoms with Gasteiger partial charge in [-0.25, -0.2) is 4.79 Å². The smallest absolute Gasteiger partial charge is 0.339 e. The van der Waals surface area contributed by atoms with Crippen molar-refractivity contribution in [3.63, 3.8) is 0 Å². The molecule has 0 bridgehead atoms. The lowest BCUT2D eigenvalue weighted by Gasteiger charge is -2.24. The van der Waals surface area contributed by atoms with Crippen molar-refractivity contribution in [3.05, 3.63) is 41.1 Å². The van der Waals surface area contributed by atoms with E-state index in [1.807, 2.05) is 24.3 Å². The Morgan fingerprint density at radius 1 is 1.40 bits per heavy atom. The molecule has 1 N–H and O–H groups in total. The van der Waals surface area contributed by atoms with Gasteiger partial charge in [-0.15, -0.1) is 6.42 Å². The van der Waals surface area contributed by atoms with Crippen LogP contribution >= 0.6 is 0 Å². The molecule has 3 rings (SSSR count). The lowest BCUT2D eigenvalue weighted by atomic mass is 9.84. The number of para-hydroxylation sites is 1. The standard InChI is InChI=1S/C20H20N2O3/c1-3-10-21-18(23)12-25-20(24)19-14-6-4-5-7-16(14)22-17-9-8-13(2)11-15(17)19/h1,4-7,13H,8-12H2,2H3,(H,21,23)/t13-/m1/s1. The van der Waals surface area contributed by atoms with E-state index in [0.717, 1.165) is 41.4 Å². The van der Waals surface area contributed by atoms with Crippen LogP contribution in [0.15, 0.2) is 24.3 Å². The Labute approximate surface area is 146 Å². The van der Waals surface area contributed by atoms with Gasteiger partial charge in [-0.3, -0.25) is 9.78 Å². The summed E-state index contributed by atoms with van der Waals surface area (Å²) in [5.74, 6) is 1.90. The molecule has 2 aromatic rings. The lowest BCUT2D eigenvalue weighted by Crippen LogP contribution is -2.29. The molecule has 128 valence electrons. The SMILES string of the molecule is C#CCNC(=O)COC(=O)c1c2c(nc3ccccc13)CC[C@@H](C)C2. The number of hydrogen-bond acceptors (Lipinski definition) is 4. The van der Waals surface area contributed by atoms with Gasteiger partial charge < -0.3 is 10.1 Å². The zero-order valence-corrected chi connectivity index (χ0v) is 14.2. The molecule has 1 heterocycles. The molecule has 0 saturated carbocycles.